The number of rotatable bonds is 3. The first-order valence-corrected chi connectivity index (χ1v) is 12.8. The molecule has 0 atom stereocenters. The third kappa shape index (κ3) is 3.12. The zero-order valence-corrected chi connectivity index (χ0v) is 20.5. The Morgan fingerprint density at radius 1 is 0.526 bits per heavy atom. The molecule has 8 rings (SSSR count). The lowest BCUT2D eigenvalue weighted by atomic mass is 9.95. The second-order valence-corrected chi connectivity index (χ2v) is 9.62. The van der Waals surface area contributed by atoms with E-state index in [-0.39, 0.29) is 0 Å². The highest BCUT2D eigenvalue weighted by molar-refractivity contribution is 6.19. The van der Waals surface area contributed by atoms with E-state index in [1.54, 1.807) is 0 Å². The standard InChI is InChI=1S/C35H22N2O/c1-2-10-24(11-3-1)35-36-31-15-7-8-16-32(31)37(35)25-20-18-23(19-21-25)29-22-30-27-13-6-9-17-33(27)38-34(30)28-14-5-4-12-26(28)29/h1-22H. The zero-order valence-electron chi connectivity index (χ0n) is 20.5. The summed E-state index contributed by atoms with van der Waals surface area (Å²) >= 11 is 0. The summed E-state index contributed by atoms with van der Waals surface area (Å²) in [6.45, 7) is 0. The predicted molar refractivity (Wildman–Crippen MR) is 157 cm³/mol. The topological polar surface area (TPSA) is 31.0 Å². The minimum atomic E-state index is 0.917. The van der Waals surface area contributed by atoms with Crippen molar-refractivity contribution in [1.29, 1.82) is 0 Å². The van der Waals surface area contributed by atoms with E-state index in [0.29, 0.717) is 0 Å². The summed E-state index contributed by atoms with van der Waals surface area (Å²) in [6, 6.07) is 46.6. The van der Waals surface area contributed by atoms with Crippen LogP contribution in [0.2, 0.25) is 0 Å². The molecule has 0 N–H and O–H groups in total. The average molecular weight is 487 g/mol. The summed E-state index contributed by atoms with van der Waals surface area (Å²) in [5, 5.41) is 4.60. The number of aromatic nitrogens is 2. The molecule has 0 aliphatic rings. The van der Waals surface area contributed by atoms with Crippen LogP contribution < -0.4 is 0 Å². The first-order valence-electron chi connectivity index (χ1n) is 12.8. The molecule has 0 fully saturated rings. The molecule has 0 spiro atoms. The van der Waals surface area contributed by atoms with E-state index >= 15 is 0 Å². The van der Waals surface area contributed by atoms with Crippen LogP contribution in [0.3, 0.4) is 0 Å². The van der Waals surface area contributed by atoms with Crippen LogP contribution in [0.5, 0.6) is 0 Å². The van der Waals surface area contributed by atoms with Gasteiger partial charge in [0, 0.05) is 27.4 Å². The van der Waals surface area contributed by atoms with E-state index in [1.807, 2.05) is 24.3 Å². The molecule has 38 heavy (non-hydrogen) atoms. The summed E-state index contributed by atoms with van der Waals surface area (Å²) in [5.74, 6) is 0.941. The molecule has 0 bridgehead atoms. The maximum Gasteiger partial charge on any atom is 0.145 e. The van der Waals surface area contributed by atoms with Gasteiger partial charge in [0.25, 0.3) is 0 Å². The molecule has 0 aliphatic heterocycles. The van der Waals surface area contributed by atoms with E-state index in [1.165, 1.54) is 16.5 Å². The summed E-state index contributed by atoms with van der Waals surface area (Å²) in [5.41, 5.74) is 8.49. The highest BCUT2D eigenvalue weighted by atomic mass is 16.3. The third-order valence-corrected chi connectivity index (χ3v) is 7.41. The second kappa shape index (κ2) is 8.19. The molecule has 0 saturated heterocycles. The Bertz CT molecular complexity index is 2120. The molecule has 3 heteroatoms. The molecule has 8 aromatic rings. The fourth-order valence-electron chi connectivity index (χ4n) is 5.64. The molecular formula is C35H22N2O. The highest BCUT2D eigenvalue weighted by Gasteiger charge is 2.16. The van der Waals surface area contributed by atoms with Crippen LogP contribution in [0.15, 0.2) is 138 Å². The van der Waals surface area contributed by atoms with Gasteiger partial charge in [-0.3, -0.25) is 4.57 Å². The third-order valence-electron chi connectivity index (χ3n) is 7.41. The molecular weight excluding hydrogens is 464 g/mol. The summed E-state index contributed by atoms with van der Waals surface area (Å²) in [6.07, 6.45) is 0. The normalized spacial score (nSPS) is 11.7. The van der Waals surface area contributed by atoms with Gasteiger partial charge in [0.05, 0.1) is 11.0 Å². The first kappa shape index (κ1) is 21.0. The van der Waals surface area contributed by atoms with Gasteiger partial charge in [-0.05, 0) is 52.9 Å². The van der Waals surface area contributed by atoms with Crippen LogP contribution in [-0.2, 0) is 0 Å². The minimum absolute atomic E-state index is 0.917. The number of nitrogens with zero attached hydrogens (tertiary/aromatic N) is 2. The molecule has 0 saturated carbocycles. The summed E-state index contributed by atoms with van der Waals surface area (Å²) in [4.78, 5) is 4.99. The van der Waals surface area contributed by atoms with Crippen molar-refractivity contribution < 1.29 is 4.42 Å². The summed E-state index contributed by atoms with van der Waals surface area (Å²) in [7, 11) is 0. The van der Waals surface area contributed by atoms with Crippen LogP contribution in [0, 0.1) is 0 Å². The van der Waals surface area contributed by atoms with Crippen molar-refractivity contribution in [3.8, 4) is 28.2 Å². The molecule has 0 aliphatic carbocycles. The molecule has 0 unspecified atom stereocenters. The molecule has 6 aromatic carbocycles. The van der Waals surface area contributed by atoms with Gasteiger partial charge >= 0.3 is 0 Å². The van der Waals surface area contributed by atoms with Crippen molar-refractivity contribution in [1.82, 2.24) is 9.55 Å². The zero-order chi connectivity index (χ0) is 25.1. The van der Waals surface area contributed by atoms with Gasteiger partial charge in [0.15, 0.2) is 0 Å². The van der Waals surface area contributed by atoms with Gasteiger partial charge in [0.2, 0.25) is 0 Å². The maximum absolute atomic E-state index is 6.31. The van der Waals surface area contributed by atoms with Crippen molar-refractivity contribution in [3.05, 3.63) is 133 Å². The van der Waals surface area contributed by atoms with E-state index in [2.05, 4.69) is 114 Å². The van der Waals surface area contributed by atoms with Gasteiger partial charge < -0.3 is 4.42 Å². The predicted octanol–water partition coefficient (Wildman–Crippen LogP) is 9.41. The minimum Gasteiger partial charge on any atom is -0.455 e. The van der Waals surface area contributed by atoms with Crippen molar-refractivity contribution in [2.75, 3.05) is 0 Å². The van der Waals surface area contributed by atoms with Gasteiger partial charge in [-0.1, -0.05) is 97.1 Å². The van der Waals surface area contributed by atoms with Gasteiger partial charge in [-0.25, -0.2) is 4.98 Å². The molecule has 3 nitrogen and oxygen atoms in total. The van der Waals surface area contributed by atoms with E-state index in [9.17, 15) is 0 Å². The van der Waals surface area contributed by atoms with Crippen molar-refractivity contribution in [2.24, 2.45) is 0 Å². The quantitative estimate of drug-likeness (QED) is 0.249. The summed E-state index contributed by atoms with van der Waals surface area (Å²) < 4.78 is 8.56. The average Bonchev–Trinajstić information content (AvgIpc) is 3.56. The molecule has 178 valence electrons. The van der Waals surface area contributed by atoms with Crippen LogP contribution in [-0.4, -0.2) is 9.55 Å². The number of hydrogen-bond acceptors (Lipinski definition) is 2. The molecule has 2 aromatic heterocycles. The van der Waals surface area contributed by atoms with Crippen molar-refractivity contribution in [3.63, 3.8) is 0 Å². The Morgan fingerprint density at radius 2 is 1.21 bits per heavy atom. The molecule has 2 heterocycles. The first-order chi connectivity index (χ1) is 18.8. The van der Waals surface area contributed by atoms with Crippen LogP contribution >= 0.6 is 0 Å². The smallest absolute Gasteiger partial charge is 0.145 e. The second-order valence-electron chi connectivity index (χ2n) is 9.62. The fourth-order valence-corrected chi connectivity index (χ4v) is 5.64. The Kier molecular flexibility index (Phi) is 4.52. The lowest BCUT2D eigenvalue weighted by molar-refractivity contribution is 0.672. The number of hydrogen-bond donors (Lipinski definition) is 0. The monoisotopic (exact) mass is 486 g/mol. The SMILES string of the molecule is c1ccc(-c2nc3ccccc3n2-c2ccc(-c3cc4c5ccccc5oc4c4ccccc34)cc2)cc1. The van der Waals surface area contributed by atoms with Gasteiger partial charge in [0.1, 0.15) is 17.0 Å². The number of furan rings is 1. The lowest BCUT2D eigenvalue weighted by Crippen LogP contribution is -1.97. The van der Waals surface area contributed by atoms with Crippen LogP contribution in [0.4, 0.5) is 0 Å². The fraction of sp³-hybridized carbons (Fsp3) is 0. The number of para-hydroxylation sites is 3. The van der Waals surface area contributed by atoms with E-state index in [0.717, 1.165) is 55.4 Å². The number of benzene rings is 6. The Balaban J connectivity index is 1.33. The Morgan fingerprint density at radius 3 is 2.05 bits per heavy atom. The number of fused-ring (bicyclic) bond motifs is 6. The molecule has 0 amide bonds. The van der Waals surface area contributed by atoms with Crippen molar-refractivity contribution >= 4 is 43.7 Å². The maximum atomic E-state index is 6.31. The van der Waals surface area contributed by atoms with Crippen LogP contribution in [0.1, 0.15) is 0 Å². The van der Waals surface area contributed by atoms with Gasteiger partial charge in [-0.2, -0.15) is 0 Å². The largest absolute Gasteiger partial charge is 0.455 e. The molecule has 0 radical (unpaired) electrons. The van der Waals surface area contributed by atoms with E-state index in [4.69, 9.17) is 9.40 Å². The Hall–Kier alpha value is -5.15. The van der Waals surface area contributed by atoms with Crippen molar-refractivity contribution in [2.45, 2.75) is 0 Å². The van der Waals surface area contributed by atoms with E-state index < -0.39 is 0 Å². The highest BCUT2D eigenvalue weighted by Crippen LogP contribution is 2.40. The van der Waals surface area contributed by atoms with Gasteiger partial charge in [-0.15, -0.1) is 0 Å². The number of imidazole rings is 1. The Labute approximate surface area is 219 Å². The van der Waals surface area contributed by atoms with Crippen LogP contribution in [0.25, 0.3) is 71.9 Å². The lowest BCUT2D eigenvalue weighted by Gasteiger charge is -2.12.